The van der Waals surface area contributed by atoms with Crippen molar-refractivity contribution >= 4 is 37.3 Å². The first-order valence-corrected chi connectivity index (χ1v) is 8.64. The Bertz CT molecular complexity index is 491. The van der Waals surface area contributed by atoms with Crippen molar-refractivity contribution in [2.75, 3.05) is 6.61 Å². The van der Waals surface area contributed by atoms with E-state index in [0.717, 1.165) is 3.79 Å². The van der Waals surface area contributed by atoms with Gasteiger partial charge in [0.2, 0.25) is 10.0 Å². The standard InChI is InChI=1S/C11H18BrNO3S2/c1-11(2,3)8(6-7-14)13-18(15,16)10-5-4-9(12)17-10/h4-5,8,13-14H,6-7H2,1-3H3. The molecule has 0 aromatic carbocycles. The highest BCUT2D eigenvalue weighted by Crippen LogP contribution is 2.28. The zero-order valence-corrected chi connectivity index (χ0v) is 13.8. The predicted octanol–water partition coefficient (Wildman–Crippen LogP) is 2.59. The minimum Gasteiger partial charge on any atom is -0.396 e. The van der Waals surface area contributed by atoms with Gasteiger partial charge >= 0.3 is 0 Å². The van der Waals surface area contributed by atoms with Gasteiger partial charge in [-0.2, -0.15) is 0 Å². The first-order chi connectivity index (χ1) is 8.16. The second-order valence-corrected chi connectivity index (χ2v) is 9.51. The normalized spacial score (nSPS) is 14.7. The summed E-state index contributed by atoms with van der Waals surface area (Å²) in [6, 6.07) is 2.97. The minimum absolute atomic E-state index is 0.0431. The first kappa shape index (κ1) is 16.1. The van der Waals surface area contributed by atoms with Gasteiger partial charge in [0.05, 0.1) is 3.79 Å². The van der Waals surface area contributed by atoms with Gasteiger partial charge in [0.25, 0.3) is 0 Å². The van der Waals surface area contributed by atoms with Gasteiger partial charge in [-0.15, -0.1) is 11.3 Å². The second-order valence-electron chi connectivity index (χ2n) is 5.11. The van der Waals surface area contributed by atoms with Crippen molar-refractivity contribution in [3.8, 4) is 0 Å². The van der Waals surface area contributed by atoms with Gasteiger partial charge in [0, 0.05) is 12.6 Å². The van der Waals surface area contributed by atoms with Crippen LogP contribution in [0.4, 0.5) is 0 Å². The number of sulfonamides is 1. The summed E-state index contributed by atoms with van der Waals surface area (Å²) in [5, 5.41) is 9.03. The molecule has 18 heavy (non-hydrogen) atoms. The van der Waals surface area contributed by atoms with Crippen LogP contribution >= 0.6 is 27.3 Å². The van der Waals surface area contributed by atoms with E-state index in [1.165, 1.54) is 11.3 Å². The molecule has 2 N–H and O–H groups in total. The largest absolute Gasteiger partial charge is 0.396 e. The Balaban J connectivity index is 2.93. The smallest absolute Gasteiger partial charge is 0.250 e. The summed E-state index contributed by atoms with van der Waals surface area (Å²) in [7, 11) is -3.52. The van der Waals surface area contributed by atoms with Gasteiger partial charge in [0.15, 0.2) is 0 Å². The third-order valence-electron chi connectivity index (χ3n) is 2.57. The molecule has 1 rings (SSSR count). The summed E-state index contributed by atoms with van der Waals surface area (Å²) < 4.78 is 28.1. The van der Waals surface area contributed by atoms with Crippen LogP contribution in [0.15, 0.2) is 20.1 Å². The van der Waals surface area contributed by atoms with Crippen LogP contribution in [0.5, 0.6) is 0 Å². The van der Waals surface area contributed by atoms with E-state index >= 15 is 0 Å². The summed E-state index contributed by atoms with van der Waals surface area (Å²) >= 11 is 4.42. The maximum atomic E-state index is 12.2. The lowest BCUT2D eigenvalue weighted by Gasteiger charge is -2.30. The van der Waals surface area contributed by atoms with Gasteiger partial charge in [-0.25, -0.2) is 13.1 Å². The number of rotatable bonds is 5. The van der Waals surface area contributed by atoms with Crippen molar-refractivity contribution in [2.45, 2.75) is 37.4 Å². The lowest BCUT2D eigenvalue weighted by atomic mass is 9.86. The molecule has 0 saturated carbocycles. The molecular weight excluding hydrogens is 338 g/mol. The van der Waals surface area contributed by atoms with Crippen LogP contribution in [-0.2, 0) is 10.0 Å². The van der Waals surface area contributed by atoms with Gasteiger partial charge in [-0.3, -0.25) is 0 Å². The molecule has 0 fully saturated rings. The molecular formula is C11H18BrNO3S2. The number of aliphatic hydroxyl groups is 1. The van der Waals surface area contributed by atoms with E-state index < -0.39 is 10.0 Å². The van der Waals surface area contributed by atoms with Crippen LogP contribution in [0.1, 0.15) is 27.2 Å². The highest BCUT2D eigenvalue weighted by atomic mass is 79.9. The van der Waals surface area contributed by atoms with Crippen molar-refractivity contribution in [1.82, 2.24) is 4.72 Å². The molecule has 1 unspecified atom stereocenters. The third-order valence-corrected chi connectivity index (χ3v) is 6.16. The van der Waals surface area contributed by atoms with Crippen molar-refractivity contribution in [2.24, 2.45) is 5.41 Å². The monoisotopic (exact) mass is 355 g/mol. The quantitative estimate of drug-likeness (QED) is 0.852. The summed E-state index contributed by atoms with van der Waals surface area (Å²) in [5.74, 6) is 0. The maximum Gasteiger partial charge on any atom is 0.250 e. The lowest BCUT2D eigenvalue weighted by Crippen LogP contribution is -2.43. The fourth-order valence-electron chi connectivity index (χ4n) is 1.49. The zero-order valence-electron chi connectivity index (χ0n) is 10.6. The molecule has 0 aliphatic heterocycles. The lowest BCUT2D eigenvalue weighted by molar-refractivity contribution is 0.214. The van der Waals surface area contributed by atoms with Crippen molar-refractivity contribution in [3.05, 3.63) is 15.9 Å². The average Bonchev–Trinajstić information content (AvgIpc) is 2.63. The molecule has 0 amide bonds. The van der Waals surface area contributed by atoms with Crippen molar-refractivity contribution < 1.29 is 13.5 Å². The number of aliphatic hydroxyl groups excluding tert-OH is 1. The molecule has 0 spiro atoms. The maximum absolute atomic E-state index is 12.2. The molecule has 0 radical (unpaired) electrons. The topological polar surface area (TPSA) is 66.4 Å². The summed E-state index contributed by atoms with van der Waals surface area (Å²) in [5.41, 5.74) is -0.246. The van der Waals surface area contributed by atoms with E-state index in [-0.39, 0.29) is 22.3 Å². The molecule has 1 atom stereocenters. The van der Waals surface area contributed by atoms with Crippen molar-refractivity contribution in [1.29, 1.82) is 0 Å². The van der Waals surface area contributed by atoms with Crippen LogP contribution in [0.3, 0.4) is 0 Å². The molecule has 0 bridgehead atoms. The van der Waals surface area contributed by atoms with E-state index in [9.17, 15) is 8.42 Å². The van der Waals surface area contributed by atoms with Crippen LogP contribution in [0.25, 0.3) is 0 Å². The SMILES string of the molecule is CC(C)(C)C(CCO)NS(=O)(=O)c1ccc(Br)s1. The molecule has 1 aromatic rings. The number of thiophene rings is 1. The molecule has 7 heteroatoms. The molecule has 4 nitrogen and oxygen atoms in total. The molecule has 104 valence electrons. The Morgan fingerprint density at radius 3 is 2.44 bits per heavy atom. The fraction of sp³-hybridized carbons (Fsp3) is 0.636. The molecule has 1 heterocycles. The van der Waals surface area contributed by atoms with Crippen LogP contribution < -0.4 is 4.72 Å². The zero-order chi connectivity index (χ0) is 14.0. The molecule has 0 aliphatic rings. The van der Waals surface area contributed by atoms with Gasteiger partial charge in [-0.05, 0) is 39.9 Å². The molecule has 1 aromatic heterocycles. The number of hydrogen-bond acceptors (Lipinski definition) is 4. The second kappa shape index (κ2) is 6.00. The van der Waals surface area contributed by atoms with E-state index in [1.54, 1.807) is 12.1 Å². The Kier molecular flexibility index (Phi) is 5.37. The van der Waals surface area contributed by atoms with E-state index in [2.05, 4.69) is 20.7 Å². The highest BCUT2D eigenvalue weighted by Gasteiger charge is 2.29. The van der Waals surface area contributed by atoms with Crippen LogP contribution in [-0.4, -0.2) is 26.2 Å². The van der Waals surface area contributed by atoms with Crippen LogP contribution in [0, 0.1) is 5.41 Å². The van der Waals surface area contributed by atoms with E-state index in [1.807, 2.05) is 20.8 Å². The summed E-state index contributed by atoms with van der Waals surface area (Å²) in [6.07, 6.45) is 0.398. The van der Waals surface area contributed by atoms with Crippen LogP contribution in [0.2, 0.25) is 0 Å². The predicted molar refractivity (Wildman–Crippen MR) is 77.3 cm³/mol. The number of hydrogen-bond donors (Lipinski definition) is 2. The Labute approximate surface area is 121 Å². The Morgan fingerprint density at radius 1 is 1.44 bits per heavy atom. The Morgan fingerprint density at radius 2 is 2.06 bits per heavy atom. The average molecular weight is 356 g/mol. The van der Waals surface area contributed by atoms with Gasteiger partial charge < -0.3 is 5.11 Å². The minimum atomic E-state index is -3.52. The fourth-order valence-corrected chi connectivity index (χ4v) is 4.99. The van der Waals surface area contributed by atoms with Gasteiger partial charge in [-0.1, -0.05) is 20.8 Å². The molecule has 0 saturated heterocycles. The Hall–Kier alpha value is 0.0500. The van der Waals surface area contributed by atoms with E-state index in [4.69, 9.17) is 5.11 Å². The van der Waals surface area contributed by atoms with Crippen molar-refractivity contribution in [3.63, 3.8) is 0 Å². The number of nitrogens with one attached hydrogen (secondary N) is 1. The van der Waals surface area contributed by atoms with Gasteiger partial charge in [0.1, 0.15) is 4.21 Å². The van der Waals surface area contributed by atoms with E-state index in [0.29, 0.717) is 6.42 Å². The molecule has 0 aliphatic carbocycles. The number of halogens is 1. The first-order valence-electron chi connectivity index (χ1n) is 5.55. The summed E-state index contributed by atoms with van der Waals surface area (Å²) in [6.45, 7) is 5.79. The highest BCUT2D eigenvalue weighted by molar-refractivity contribution is 9.11. The summed E-state index contributed by atoms with van der Waals surface area (Å²) in [4.78, 5) is 0. The third kappa shape index (κ3) is 4.31.